The molecular weight excluding hydrogens is 212 g/mol. The summed E-state index contributed by atoms with van der Waals surface area (Å²) in [6, 6.07) is 0. The van der Waals surface area contributed by atoms with Crippen molar-refractivity contribution >= 4 is 17.0 Å². The van der Waals surface area contributed by atoms with Crippen LogP contribution in [0.15, 0.2) is 0 Å². The maximum atomic E-state index is 10.5. The third-order valence-corrected chi connectivity index (χ3v) is 3.36. The lowest BCUT2D eigenvalue weighted by atomic mass is 9.84. The molecule has 0 heterocycles. The molecule has 1 fully saturated rings. The van der Waals surface area contributed by atoms with E-state index in [1.54, 1.807) is 0 Å². The molecule has 88 valence electrons. The molecule has 0 aromatic heterocycles. The number of hydrogen-bond acceptors (Lipinski definition) is 2. The van der Waals surface area contributed by atoms with Crippen LogP contribution in [0.4, 0.5) is 4.79 Å². The van der Waals surface area contributed by atoms with Gasteiger partial charge in [-0.05, 0) is 31.6 Å². The van der Waals surface area contributed by atoms with Gasteiger partial charge in [-0.3, -0.25) is 0 Å². The summed E-state index contributed by atoms with van der Waals surface area (Å²) in [6.07, 6.45) is 9.78. The van der Waals surface area contributed by atoms with Gasteiger partial charge >= 0.3 is 5.43 Å². The van der Waals surface area contributed by atoms with Crippen molar-refractivity contribution < 1.29 is 9.53 Å². The Morgan fingerprint density at radius 3 is 2.47 bits per heavy atom. The summed E-state index contributed by atoms with van der Waals surface area (Å²) in [4.78, 5) is 10.5. The molecule has 1 rings (SSSR count). The predicted octanol–water partition coefficient (Wildman–Crippen LogP) is 4.50. The Kier molecular flexibility index (Phi) is 6.07. The Morgan fingerprint density at radius 1 is 1.27 bits per heavy atom. The summed E-state index contributed by atoms with van der Waals surface area (Å²) < 4.78 is 4.99. The van der Waals surface area contributed by atoms with E-state index >= 15 is 0 Å². The van der Waals surface area contributed by atoms with E-state index in [4.69, 9.17) is 16.3 Å². The van der Waals surface area contributed by atoms with Crippen molar-refractivity contribution in [1.29, 1.82) is 0 Å². The first-order chi connectivity index (χ1) is 7.22. The minimum atomic E-state index is -0.649. The molecule has 0 amide bonds. The Balaban J connectivity index is 2.10. The molecule has 1 aliphatic rings. The maximum Gasteiger partial charge on any atom is 0.404 e. The van der Waals surface area contributed by atoms with Gasteiger partial charge in [0, 0.05) is 11.6 Å². The summed E-state index contributed by atoms with van der Waals surface area (Å²) in [6.45, 7) is 2.23. The zero-order valence-corrected chi connectivity index (χ0v) is 10.3. The molecule has 1 saturated carbocycles. The van der Waals surface area contributed by atoms with Gasteiger partial charge in [-0.15, -0.1) is 0 Å². The normalized spacial score (nSPS) is 26.3. The lowest BCUT2D eigenvalue weighted by molar-refractivity contribution is 0.0805. The number of hydrogen-bond donors (Lipinski definition) is 0. The van der Waals surface area contributed by atoms with Gasteiger partial charge in [0.1, 0.15) is 6.10 Å². The highest BCUT2D eigenvalue weighted by Crippen LogP contribution is 2.30. The number of ether oxygens (including phenoxy) is 1. The summed E-state index contributed by atoms with van der Waals surface area (Å²) in [5.41, 5.74) is -0.649. The summed E-state index contributed by atoms with van der Waals surface area (Å²) in [5, 5.41) is 0. The molecule has 0 radical (unpaired) electrons. The van der Waals surface area contributed by atoms with Crippen molar-refractivity contribution in [2.24, 2.45) is 5.92 Å². The summed E-state index contributed by atoms with van der Waals surface area (Å²) in [7, 11) is 0. The van der Waals surface area contributed by atoms with Crippen LogP contribution in [-0.4, -0.2) is 11.5 Å². The van der Waals surface area contributed by atoms with E-state index in [1.165, 1.54) is 38.5 Å². The Hall–Kier alpha value is -0.240. The van der Waals surface area contributed by atoms with E-state index in [0.29, 0.717) is 0 Å². The van der Waals surface area contributed by atoms with E-state index in [2.05, 4.69) is 6.92 Å². The average Bonchev–Trinajstić information content (AvgIpc) is 2.20. The molecule has 0 atom stereocenters. The van der Waals surface area contributed by atoms with Crippen molar-refractivity contribution in [3.8, 4) is 0 Å². The van der Waals surface area contributed by atoms with Crippen LogP contribution in [0.1, 0.15) is 58.3 Å². The Labute approximate surface area is 97.3 Å². The molecule has 0 N–H and O–H groups in total. The van der Waals surface area contributed by atoms with E-state index in [0.717, 1.165) is 18.8 Å². The standard InChI is InChI=1S/C12H21ClO2/c1-2-3-4-5-10-6-8-11(9-7-10)15-12(13)14/h10-11H,2-9H2,1H3. The number of unbranched alkanes of at least 4 members (excludes halogenated alkanes) is 2. The van der Waals surface area contributed by atoms with Gasteiger partial charge in [0.05, 0.1) is 0 Å². The highest BCUT2D eigenvalue weighted by molar-refractivity contribution is 6.61. The van der Waals surface area contributed by atoms with Crippen LogP contribution in [0.2, 0.25) is 0 Å². The molecule has 0 aromatic rings. The predicted molar refractivity (Wildman–Crippen MR) is 62.2 cm³/mol. The van der Waals surface area contributed by atoms with Crippen LogP contribution in [0.3, 0.4) is 0 Å². The third-order valence-electron chi connectivity index (χ3n) is 3.27. The van der Waals surface area contributed by atoms with Gasteiger partial charge in [0.2, 0.25) is 0 Å². The minimum Gasteiger partial charge on any atom is -0.450 e. The molecular formula is C12H21ClO2. The maximum absolute atomic E-state index is 10.5. The van der Waals surface area contributed by atoms with Crippen LogP contribution in [0, 0.1) is 5.92 Å². The van der Waals surface area contributed by atoms with Gasteiger partial charge in [-0.25, -0.2) is 4.79 Å². The topological polar surface area (TPSA) is 26.3 Å². The SMILES string of the molecule is CCCCCC1CCC(OC(=O)Cl)CC1. The van der Waals surface area contributed by atoms with Crippen LogP contribution in [-0.2, 0) is 4.74 Å². The Morgan fingerprint density at radius 2 is 1.93 bits per heavy atom. The van der Waals surface area contributed by atoms with E-state index in [-0.39, 0.29) is 6.10 Å². The molecule has 1 aliphatic carbocycles. The first kappa shape index (κ1) is 12.8. The highest BCUT2D eigenvalue weighted by Gasteiger charge is 2.22. The largest absolute Gasteiger partial charge is 0.450 e. The molecule has 0 bridgehead atoms. The molecule has 2 nitrogen and oxygen atoms in total. The smallest absolute Gasteiger partial charge is 0.404 e. The second-order valence-electron chi connectivity index (χ2n) is 4.49. The van der Waals surface area contributed by atoms with Gasteiger partial charge < -0.3 is 4.74 Å². The number of carbonyl (C=O) groups excluding carboxylic acids is 1. The average molecular weight is 233 g/mol. The molecule has 0 spiro atoms. The molecule has 0 unspecified atom stereocenters. The quantitative estimate of drug-likeness (QED) is 0.515. The van der Waals surface area contributed by atoms with Crippen molar-refractivity contribution in [3.05, 3.63) is 0 Å². The van der Waals surface area contributed by atoms with Crippen molar-refractivity contribution in [1.82, 2.24) is 0 Å². The zero-order chi connectivity index (χ0) is 11.1. The second kappa shape index (κ2) is 7.10. The molecule has 3 heteroatoms. The molecule has 0 aromatic carbocycles. The minimum absolute atomic E-state index is 0.0809. The fraction of sp³-hybridized carbons (Fsp3) is 0.917. The molecule has 0 aliphatic heterocycles. The van der Waals surface area contributed by atoms with Crippen LogP contribution in [0.5, 0.6) is 0 Å². The molecule has 0 saturated heterocycles. The van der Waals surface area contributed by atoms with Gasteiger partial charge in [0.15, 0.2) is 0 Å². The van der Waals surface area contributed by atoms with E-state index in [1.807, 2.05) is 0 Å². The van der Waals surface area contributed by atoms with E-state index in [9.17, 15) is 4.79 Å². The second-order valence-corrected chi connectivity index (χ2v) is 4.80. The van der Waals surface area contributed by atoms with Crippen molar-refractivity contribution in [2.75, 3.05) is 0 Å². The fourth-order valence-electron chi connectivity index (χ4n) is 2.35. The highest BCUT2D eigenvalue weighted by atomic mass is 35.5. The monoisotopic (exact) mass is 232 g/mol. The first-order valence-corrected chi connectivity index (χ1v) is 6.46. The number of halogens is 1. The first-order valence-electron chi connectivity index (χ1n) is 6.08. The number of rotatable bonds is 5. The number of carbonyl (C=O) groups is 1. The van der Waals surface area contributed by atoms with Crippen molar-refractivity contribution in [3.63, 3.8) is 0 Å². The fourth-order valence-corrected chi connectivity index (χ4v) is 2.48. The van der Waals surface area contributed by atoms with Crippen LogP contribution >= 0.6 is 11.6 Å². The van der Waals surface area contributed by atoms with E-state index < -0.39 is 5.43 Å². The van der Waals surface area contributed by atoms with Gasteiger partial charge in [-0.1, -0.05) is 32.6 Å². The lowest BCUT2D eigenvalue weighted by Crippen LogP contribution is -2.22. The van der Waals surface area contributed by atoms with Gasteiger partial charge in [0.25, 0.3) is 0 Å². The van der Waals surface area contributed by atoms with Crippen molar-refractivity contribution in [2.45, 2.75) is 64.4 Å². The third kappa shape index (κ3) is 5.41. The lowest BCUT2D eigenvalue weighted by Gasteiger charge is -2.27. The van der Waals surface area contributed by atoms with Gasteiger partial charge in [-0.2, -0.15) is 0 Å². The Bertz CT molecular complexity index is 186. The summed E-state index contributed by atoms with van der Waals surface area (Å²) >= 11 is 5.19. The van der Waals surface area contributed by atoms with Crippen LogP contribution in [0.25, 0.3) is 0 Å². The zero-order valence-electron chi connectivity index (χ0n) is 9.51. The summed E-state index contributed by atoms with van der Waals surface area (Å²) in [5.74, 6) is 0.849. The van der Waals surface area contributed by atoms with Crippen LogP contribution < -0.4 is 0 Å². The molecule has 15 heavy (non-hydrogen) atoms.